The van der Waals surface area contributed by atoms with E-state index in [1.54, 1.807) is 23.1 Å². The van der Waals surface area contributed by atoms with Gasteiger partial charge in [0.25, 0.3) is 0 Å². The average Bonchev–Trinajstić information content (AvgIpc) is 2.85. The normalized spacial score (nSPS) is 18.7. The van der Waals surface area contributed by atoms with Crippen molar-refractivity contribution in [1.82, 2.24) is 10.2 Å². The van der Waals surface area contributed by atoms with Crippen LogP contribution in [0.4, 0.5) is 9.18 Å². The van der Waals surface area contributed by atoms with E-state index in [1.807, 2.05) is 6.07 Å². The lowest BCUT2D eigenvalue weighted by atomic mass is 9.98. The number of likely N-dealkylation sites (tertiary alicyclic amines) is 1. The van der Waals surface area contributed by atoms with Crippen LogP contribution in [0.15, 0.2) is 36.9 Å². The van der Waals surface area contributed by atoms with Gasteiger partial charge in [-0.05, 0) is 24.1 Å². The van der Waals surface area contributed by atoms with Gasteiger partial charge >= 0.3 is 6.03 Å². The van der Waals surface area contributed by atoms with Gasteiger partial charge in [-0.1, -0.05) is 18.2 Å². The quantitative estimate of drug-likeness (QED) is 0.819. The molecule has 1 N–H and O–H groups in total. The smallest absolute Gasteiger partial charge is 0.317 e. The van der Waals surface area contributed by atoms with Crippen LogP contribution in [-0.4, -0.2) is 30.6 Å². The standard InChI is InChI=1S/C14H17FN2O/c1-2-7-16-14(18)17-8-6-12(10-17)11-4-3-5-13(15)9-11/h2-5,9,12H,1,6-8,10H2,(H,16,18). The summed E-state index contributed by atoms with van der Waals surface area (Å²) in [5, 5.41) is 2.75. The Labute approximate surface area is 106 Å². The molecule has 0 aliphatic carbocycles. The molecular formula is C14H17FN2O. The first-order chi connectivity index (χ1) is 8.70. The minimum atomic E-state index is -0.220. The second-order valence-electron chi connectivity index (χ2n) is 4.46. The van der Waals surface area contributed by atoms with E-state index in [1.165, 1.54) is 6.07 Å². The zero-order valence-electron chi connectivity index (χ0n) is 10.2. The van der Waals surface area contributed by atoms with Gasteiger partial charge in [0.05, 0.1) is 0 Å². The van der Waals surface area contributed by atoms with E-state index >= 15 is 0 Å². The molecule has 0 saturated carbocycles. The number of nitrogens with zero attached hydrogens (tertiary/aromatic N) is 1. The molecule has 1 aromatic rings. The van der Waals surface area contributed by atoms with Crippen molar-refractivity contribution in [1.29, 1.82) is 0 Å². The number of amides is 2. The number of nitrogens with one attached hydrogen (secondary N) is 1. The topological polar surface area (TPSA) is 32.3 Å². The Balaban J connectivity index is 1.96. The largest absolute Gasteiger partial charge is 0.335 e. The number of carbonyl (C=O) groups excluding carboxylic acids is 1. The van der Waals surface area contributed by atoms with Crippen LogP contribution in [0.1, 0.15) is 17.9 Å². The Morgan fingerprint density at radius 1 is 1.61 bits per heavy atom. The van der Waals surface area contributed by atoms with Gasteiger partial charge in [-0.3, -0.25) is 0 Å². The fourth-order valence-electron chi connectivity index (χ4n) is 2.25. The molecule has 2 rings (SSSR count). The van der Waals surface area contributed by atoms with Gasteiger partial charge in [0.15, 0.2) is 0 Å². The van der Waals surface area contributed by atoms with Crippen molar-refractivity contribution in [3.63, 3.8) is 0 Å². The third-order valence-corrected chi connectivity index (χ3v) is 3.19. The van der Waals surface area contributed by atoms with Crippen LogP contribution in [0, 0.1) is 5.82 Å². The van der Waals surface area contributed by atoms with E-state index in [2.05, 4.69) is 11.9 Å². The summed E-state index contributed by atoms with van der Waals surface area (Å²) in [6.45, 7) is 5.39. The van der Waals surface area contributed by atoms with E-state index in [-0.39, 0.29) is 17.8 Å². The molecule has 0 spiro atoms. The van der Waals surface area contributed by atoms with Gasteiger partial charge in [0.2, 0.25) is 0 Å². The molecule has 1 saturated heterocycles. The third-order valence-electron chi connectivity index (χ3n) is 3.19. The first-order valence-corrected chi connectivity index (χ1v) is 6.10. The first kappa shape index (κ1) is 12.6. The molecule has 1 fully saturated rings. The van der Waals surface area contributed by atoms with Gasteiger partial charge in [-0.25, -0.2) is 9.18 Å². The molecule has 96 valence electrons. The second-order valence-corrected chi connectivity index (χ2v) is 4.46. The molecule has 0 bridgehead atoms. The second kappa shape index (κ2) is 5.67. The summed E-state index contributed by atoms with van der Waals surface area (Å²) < 4.78 is 13.1. The van der Waals surface area contributed by atoms with Crippen molar-refractivity contribution in [3.05, 3.63) is 48.3 Å². The fourth-order valence-corrected chi connectivity index (χ4v) is 2.25. The molecule has 2 amide bonds. The van der Waals surface area contributed by atoms with E-state index < -0.39 is 0 Å². The molecule has 1 heterocycles. The maximum absolute atomic E-state index is 13.1. The summed E-state index contributed by atoms with van der Waals surface area (Å²) in [5.74, 6) is 0.0113. The van der Waals surface area contributed by atoms with Crippen molar-refractivity contribution >= 4 is 6.03 Å². The number of benzene rings is 1. The summed E-state index contributed by atoms with van der Waals surface area (Å²) in [6, 6.07) is 6.54. The lowest BCUT2D eigenvalue weighted by Gasteiger charge is -2.17. The highest BCUT2D eigenvalue weighted by atomic mass is 19.1. The third kappa shape index (κ3) is 2.88. The van der Waals surface area contributed by atoms with Crippen molar-refractivity contribution in [2.75, 3.05) is 19.6 Å². The highest BCUT2D eigenvalue weighted by molar-refractivity contribution is 5.74. The van der Waals surface area contributed by atoms with Crippen LogP contribution in [-0.2, 0) is 0 Å². The molecule has 3 nitrogen and oxygen atoms in total. The number of urea groups is 1. The highest BCUT2D eigenvalue weighted by Gasteiger charge is 2.27. The summed E-state index contributed by atoms with van der Waals surface area (Å²) in [4.78, 5) is 13.5. The van der Waals surface area contributed by atoms with Crippen LogP contribution in [0.2, 0.25) is 0 Å². The van der Waals surface area contributed by atoms with Crippen molar-refractivity contribution < 1.29 is 9.18 Å². The molecule has 0 radical (unpaired) electrons. The van der Waals surface area contributed by atoms with Gasteiger partial charge in [-0.15, -0.1) is 6.58 Å². The zero-order valence-corrected chi connectivity index (χ0v) is 10.2. The number of hydrogen-bond donors (Lipinski definition) is 1. The van der Waals surface area contributed by atoms with Crippen LogP contribution >= 0.6 is 0 Å². The van der Waals surface area contributed by atoms with E-state index in [0.717, 1.165) is 12.0 Å². The minimum Gasteiger partial charge on any atom is -0.335 e. The lowest BCUT2D eigenvalue weighted by molar-refractivity contribution is 0.209. The molecule has 1 aliphatic rings. The molecule has 1 aliphatic heterocycles. The number of carbonyl (C=O) groups is 1. The Kier molecular flexibility index (Phi) is 3.97. The lowest BCUT2D eigenvalue weighted by Crippen LogP contribution is -2.38. The van der Waals surface area contributed by atoms with Gasteiger partial charge < -0.3 is 10.2 Å². The maximum atomic E-state index is 13.1. The Bertz CT molecular complexity index is 447. The molecule has 1 unspecified atom stereocenters. The summed E-state index contributed by atoms with van der Waals surface area (Å²) in [6.07, 6.45) is 2.53. The molecule has 0 aromatic heterocycles. The zero-order chi connectivity index (χ0) is 13.0. The molecule has 1 aromatic carbocycles. The fraction of sp³-hybridized carbons (Fsp3) is 0.357. The number of hydrogen-bond acceptors (Lipinski definition) is 1. The average molecular weight is 248 g/mol. The van der Waals surface area contributed by atoms with Crippen molar-refractivity contribution in [2.24, 2.45) is 0 Å². The van der Waals surface area contributed by atoms with Crippen molar-refractivity contribution in [3.8, 4) is 0 Å². The predicted octanol–water partition coefficient (Wildman–Crippen LogP) is 2.51. The minimum absolute atomic E-state index is 0.0752. The van der Waals surface area contributed by atoms with E-state index in [4.69, 9.17) is 0 Å². The molecule has 18 heavy (non-hydrogen) atoms. The summed E-state index contributed by atoms with van der Waals surface area (Å²) in [5.41, 5.74) is 0.967. The monoisotopic (exact) mass is 248 g/mol. The predicted molar refractivity (Wildman–Crippen MR) is 68.9 cm³/mol. The Morgan fingerprint density at radius 3 is 3.17 bits per heavy atom. The maximum Gasteiger partial charge on any atom is 0.317 e. The van der Waals surface area contributed by atoms with E-state index in [9.17, 15) is 9.18 Å². The first-order valence-electron chi connectivity index (χ1n) is 6.10. The van der Waals surface area contributed by atoms with Crippen LogP contribution < -0.4 is 5.32 Å². The highest BCUT2D eigenvalue weighted by Crippen LogP contribution is 2.27. The van der Waals surface area contributed by atoms with Gasteiger partial charge in [0.1, 0.15) is 5.82 Å². The molecule has 4 heteroatoms. The number of halogens is 1. The molecule has 1 atom stereocenters. The van der Waals surface area contributed by atoms with Crippen LogP contribution in [0.5, 0.6) is 0 Å². The Hall–Kier alpha value is -1.84. The van der Waals surface area contributed by atoms with Crippen LogP contribution in [0.25, 0.3) is 0 Å². The molecular weight excluding hydrogens is 231 g/mol. The summed E-state index contributed by atoms with van der Waals surface area (Å²) in [7, 11) is 0. The van der Waals surface area contributed by atoms with Crippen LogP contribution in [0.3, 0.4) is 0 Å². The van der Waals surface area contributed by atoms with Gasteiger partial charge in [-0.2, -0.15) is 0 Å². The van der Waals surface area contributed by atoms with Gasteiger partial charge in [0, 0.05) is 25.6 Å². The van der Waals surface area contributed by atoms with E-state index in [0.29, 0.717) is 19.6 Å². The number of rotatable bonds is 3. The Morgan fingerprint density at radius 2 is 2.44 bits per heavy atom. The van der Waals surface area contributed by atoms with Crippen molar-refractivity contribution in [2.45, 2.75) is 12.3 Å². The summed E-state index contributed by atoms with van der Waals surface area (Å²) >= 11 is 0. The SMILES string of the molecule is C=CCNC(=O)N1CCC(c2cccc(F)c2)C1.